The van der Waals surface area contributed by atoms with Crippen molar-refractivity contribution in [1.29, 1.82) is 0 Å². The molecule has 7 heteroatoms. The zero-order valence-electron chi connectivity index (χ0n) is 13.2. The third-order valence-corrected chi connectivity index (χ3v) is 4.14. The van der Waals surface area contributed by atoms with Crippen LogP contribution in [-0.2, 0) is 4.79 Å². The molecule has 0 spiro atoms. The van der Waals surface area contributed by atoms with Crippen molar-refractivity contribution in [3.05, 3.63) is 56.5 Å². The van der Waals surface area contributed by atoms with E-state index >= 15 is 0 Å². The lowest BCUT2D eigenvalue weighted by Crippen LogP contribution is -2.24. The van der Waals surface area contributed by atoms with Gasteiger partial charge in [-0.15, -0.1) is 0 Å². The molecule has 0 bridgehead atoms. The largest absolute Gasteiger partial charge is 0.496 e. The molecule has 0 unspecified atom stereocenters. The quantitative estimate of drug-likeness (QED) is 0.527. The number of nitrogens with zero attached hydrogens (tertiary/aromatic N) is 1. The number of methoxy groups -OCH3 is 1. The minimum absolute atomic E-state index is 0.130. The molecule has 1 N–H and O–H groups in total. The molecule has 0 aliphatic carbocycles. The van der Waals surface area contributed by atoms with E-state index in [0.717, 1.165) is 20.1 Å². The van der Waals surface area contributed by atoms with Gasteiger partial charge in [-0.1, -0.05) is 22.0 Å². The van der Waals surface area contributed by atoms with Gasteiger partial charge in [-0.3, -0.25) is 4.79 Å². The molecule has 0 radical (unpaired) electrons. The van der Waals surface area contributed by atoms with Gasteiger partial charge in [0.2, 0.25) is 0 Å². The summed E-state index contributed by atoms with van der Waals surface area (Å²) in [7, 11) is 1.58. The van der Waals surface area contributed by atoms with E-state index in [1.165, 1.54) is 6.21 Å². The molecule has 1 amide bonds. The molecule has 5 nitrogen and oxygen atoms in total. The van der Waals surface area contributed by atoms with Crippen molar-refractivity contribution in [2.45, 2.75) is 6.92 Å². The van der Waals surface area contributed by atoms with Crippen LogP contribution in [0.4, 0.5) is 0 Å². The molecule has 0 fully saturated rings. The summed E-state index contributed by atoms with van der Waals surface area (Å²) < 4.78 is 12.4. The zero-order valence-corrected chi connectivity index (χ0v) is 16.3. The number of benzene rings is 2. The van der Waals surface area contributed by atoms with Gasteiger partial charge >= 0.3 is 0 Å². The number of ether oxygens (including phenoxy) is 2. The maximum absolute atomic E-state index is 11.8. The lowest BCUT2D eigenvalue weighted by atomic mass is 10.2. The first-order valence-corrected chi connectivity index (χ1v) is 8.62. The average molecular weight is 456 g/mol. The van der Waals surface area contributed by atoms with Crippen molar-refractivity contribution < 1.29 is 14.3 Å². The smallest absolute Gasteiger partial charge is 0.277 e. The number of nitrogens with one attached hydrogen (secondary N) is 1. The van der Waals surface area contributed by atoms with Crippen LogP contribution >= 0.6 is 31.9 Å². The van der Waals surface area contributed by atoms with Gasteiger partial charge in [0.25, 0.3) is 5.91 Å². The fourth-order valence-corrected chi connectivity index (χ4v) is 2.86. The van der Waals surface area contributed by atoms with E-state index in [2.05, 4.69) is 42.4 Å². The van der Waals surface area contributed by atoms with Crippen LogP contribution in [0.15, 0.2) is 50.4 Å². The molecule has 0 heterocycles. The topological polar surface area (TPSA) is 59.9 Å². The van der Waals surface area contributed by atoms with Gasteiger partial charge in [0, 0.05) is 10.0 Å². The molecule has 0 aliphatic heterocycles. The lowest BCUT2D eigenvalue weighted by molar-refractivity contribution is -0.123. The Kier molecular flexibility index (Phi) is 6.81. The van der Waals surface area contributed by atoms with Crippen molar-refractivity contribution in [1.82, 2.24) is 5.43 Å². The highest BCUT2D eigenvalue weighted by molar-refractivity contribution is 9.10. The summed E-state index contributed by atoms with van der Waals surface area (Å²) in [5.74, 6) is 0.914. The standard InChI is InChI=1S/C17H16Br2N2O3/c1-11-3-5-16(14(19)7-11)24-10-17(22)21-20-9-12-8-13(18)4-6-15(12)23-2/h3-9H,10H2,1-2H3,(H,21,22)/b20-9-. The highest BCUT2D eigenvalue weighted by Crippen LogP contribution is 2.25. The third kappa shape index (κ3) is 5.35. The monoisotopic (exact) mass is 454 g/mol. The minimum Gasteiger partial charge on any atom is -0.496 e. The number of hydrogen-bond donors (Lipinski definition) is 1. The predicted octanol–water partition coefficient (Wildman–Crippen LogP) is 4.06. The predicted molar refractivity (Wildman–Crippen MR) is 101 cm³/mol. The Balaban J connectivity index is 1.90. The number of halogens is 2. The molecular formula is C17H16Br2N2O3. The maximum Gasteiger partial charge on any atom is 0.277 e. The summed E-state index contributed by atoms with van der Waals surface area (Å²) in [6, 6.07) is 11.2. The van der Waals surface area contributed by atoms with Gasteiger partial charge < -0.3 is 9.47 Å². The Morgan fingerprint density at radius 2 is 1.96 bits per heavy atom. The van der Waals surface area contributed by atoms with Crippen LogP contribution in [0.25, 0.3) is 0 Å². The normalized spacial score (nSPS) is 10.7. The number of rotatable bonds is 6. The average Bonchev–Trinajstić information content (AvgIpc) is 2.54. The summed E-state index contributed by atoms with van der Waals surface area (Å²) in [5, 5.41) is 3.92. The Labute approximate surface area is 157 Å². The molecular weight excluding hydrogens is 440 g/mol. The lowest BCUT2D eigenvalue weighted by Gasteiger charge is -2.08. The molecule has 126 valence electrons. The van der Waals surface area contributed by atoms with Gasteiger partial charge in [-0.25, -0.2) is 5.43 Å². The minimum atomic E-state index is -0.354. The van der Waals surface area contributed by atoms with Gasteiger partial charge in [0.05, 0.1) is 17.8 Å². The number of amides is 1. The van der Waals surface area contributed by atoms with Gasteiger partial charge in [-0.05, 0) is 58.7 Å². The van der Waals surface area contributed by atoms with E-state index in [1.54, 1.807) is 7.11 Å². The van der Waals surface area contributed by atoms with Crippen LogP contribution < -0.4 is 14.9 Å². The SMILES string of the molecule is COc1ccc(Br)cc1/C=N\NC(=O)COc1ccc(C)cc1Br. The second kappa shape index (κ2) is 8.84. The molecule has 0 aliphatic rings. The highest BCUT2D eigenvalue weighted by Gasteiger charge is 2.05. The number of carbonyl (C=O) groups excluding carboxylic acids is 1. The van der Waals surface area contributed by atoms with Crippen LogP contribution in [0.1, 0.15) is 11.1 Å². The number of hydrazone groups is 1. The van der Waals surface area contributed by atoms with Crippen molar-refractivity contribution in [2.75, 3.05) is 13.7 Å². The van der Waals surface area contributed by atoms with Crippen molar-refractivity contribution >= 4 is 44.0 Å². The van der Waals surface area contributed by atoms with E-state index in [0.29, 0.717) is 11.5 Å². The number of carbonyl (C=O) groups is 1. The fourth-order valence-electron chi connectivity index (χ4n) is 1.88. The second-order valence-corrected chi connectivity index (χ2v) is 6.67. The van der Waals surface area contributed by atoms with Crippen LogP contribution in [0.5, 0.6) is 11.5 Å². The van der Waals surface area contributed by atoms with Crippen LogP contribution in [-0.4, -0.2) is 25.8 Å². The first-order chi connectivity index (χ1) is 11.5. The Morgan fingerprint density at radius 3 is 2.67 bits per heavy atom. The number of aryl methyl sites for hydroxylation is 1. The van der Waals surface area contributed by atoms with Crippen molar-refractivity contribution in [2.24, 2.45) is 5.10 Å². The first kappa shape index (κ1) is 18.5. The molecule has 0 aromatic heterocycles. The van der Waals surface area contributed by atoms with E-state index in [-0.39, 0.29) is 12.5 Å². The summed E-state index contributed by atoms with van der Waals surface area (Å²) in [6.45, 7) is 1.85. The molecule has 0 saturated carbocycles. The van der Waals surface area contributed by atoms with Gasteiger partial charge in [0.1, 0.15) is 11.5 Å². The van der Waals surface area contributed by atoms with Crippen molar-refractivity contribution in [3.63, 3.8) is 0 Å². The van der Waals surface area contributed by atoms with E-state index in [1.807, 2.05) is 43.3 Å². The third-order valence-electron chi connectivity index (χ3n) is 3.03. The Bertz CT molecular complexity index is 763. The van der Waals surface area contributed by atoms with Crippen LogP contribution in [0.2, 0.25) is 0 Å². The Morgan fingerprint density at radius 1 is 1.21 bits per heavy atom. The summed E-state index contributed by atoms with van der Waals surface area (Å²) in [5.41, 5.74) is 4.27. The first-order valence-electron chi connectivity index (χ1n) is 7.04. The zero-order chi connectivity index (χ0) is 17.5. The van der Waals surface area contributed by atoms with Gasteiger partial charge in [-0.2, -0.15) is 5.10 Å². The molecule has 2 rings (SSSR count). The van der Waals surface area contributed by atoms with E-state index in [4.69, 9.17) is 9.47 Å². The molecule has 0 saturated heterocycles. The summed E-state index contributed by atoms with van der Waals surface area (Å²) in [6.07, 6.45) is 1.52. The highest BCUT2D eigenvalue weighted by atomic mass is 79.9. The molecule has 2 aromatic rings. The van der Waals surface area contributed by atoms with Gasteiger partial charge in [0.15, 0.2) is 6.61 Å². The second-order valence-electron chi connectivity index (χ2n) is 4.90. The summed E-state index contributed by atoms with van der Waals surface area (Å²) >= 11 is 6.78. The molecule has 24 heavy (non-hydrogen) atoms. The van der Waals surface area contributed by atoms with Crippen LogP contribution in [0, 0.1) is 6.92 Å². The summed E-state index contributed by atoms with van der Waals surface area (Å²) in [4.78, 5) is 11.8. The van der Waals surface area contributed by atoms with Crippen LogP contribution in [0.3, 0.4) is 0 Å². The Hall–Kier alpha value is -1.86. The molecule has 2 aromatic carbocycles. The van der Waals surface area contributed by atoms with E-state index in [9.17, 15) is 4.79 Å². The van der Waals surface area contributed by atoms with E-state index < -0.39 is 0 Å². The number of hydrogen-bond acceptors (Lipinski definition) is 4. The maximum atomic E-state index is 11.8. The van der Waals surface area contributed by atoms with Crippen molar-refractivity contribution in [3.8, 4) is 11.5 Å². The molecule has 0 atom stereocenters. The fraction of sp³-hybridized carbons (Fsp3) is 0.176.